The van der Waals surface area contributed by atoms with E-state index in [9.17, 15) is 14.7 Å². The van der Waals surface area contributed by atoms with E-state index < -0.39 is 12.0 Å². The lowest BCUT2D eigenvalue weighted by atomic mass is 9.76. The molecule has 1 N–H and O–H groups in total. The fourth-order valence-corrected chi connectivity index (χ4v) is 4.37. The summed E-state index contributed by atoms with van der Waals surface area (Å²) < 4.78 is 0. The maximum atomic E-state index is 11.8. The number of rotatable bonds is 3. The average molecular weight is 385 g/mol. The molecule has 1 aromatic carbocycles. The molecular formula is C18H22Cl2N2O3. The number of carbonyl (C=O) groups is 2. The van der Waals surface area contributed by atoms with Crippen molar-refractivity contribution in [2.45, 2.75) is 38.8 Å². The summed E-state index contributed by atoms with van der Waals surface area (Å²) in [5.74, 6) is -1.05. The molecule has 25 heavy (non-hydrogen) atoms. The van der Waals surface area contributed by atoms with Crippen LogP contribution in [0, 0.1) is 5.41 Å². The SMILES string of the molecule is CC(=O)N1CC2(CCN(Cc3ccc(Cl)c(Cl)c3)CC2)CC1C(=O)O. The molecule has 2 heterocycles. The lowest BCUT2D eigenvalue weighted by Gasteiger charge is -2.39. The molecule has 1 aromatic rings. The molecule has 0 radical (unpaired) electrons. The highest BCUT2D eigenvalue weighted by atomic mass is 35.5. The molecule has 0 saturated carbocycles. The predicted molar refractivity (Wildman–Crippen MR) is 96.8 cm³/mol. The third-order valence-corrected chi connectivity index (χ3v) is 6.24. The van der Waals surface area contributed by atoms with Crippen LogP contribution in [0.5, 0.6) is 0 Å². The monoisotopic (exact) mass is 384 g/mol. The fraction of sp³-hybridized carbons (Fsp3) is 0.556. The Balaban J connectivity index is 1.62. The summed E-state index contributed by atoms with van der Waals surface area (Å²) in [6.07, 6.45) is 2.37. The second-order valence-corrected chi connectivity index (χ2v) is 8.04. The van der Waals surface area contributed by atoms with Crippen LogP contribution < -0.4 is 0 Å². The zero-order valence-corrected chi connectivity index (χ0v) is 15.7. The second kappa shape index (κ2) is 7.14. The number of aliphatic carboxylic acids is 1. The highest BCUT2D eigenvalue weighted by Crippen LogP contribution is 2.43. The van der Waals surface area contributed by atoms with E-state index in [1.165, 1.54) is 11.8 Å². The highest BCUT2D eigenvalue weighted by Gasteiger charge is 2.48. The first-order valence-electron chi connectivity index (χ1n) is 8.46. The first kappa shape index (κ1) is 18.5. The fourth-order valence-electron chi connectivity index (χ4n) is 4.05. The molecule has 0 aliphatic carbocycles. The number of nitrogens with zero attached hydrogens (tertiary/aromatic N) is 2. The van der Waals surface area contributed by atoms with Crippen molar-refractivity contribution in [3.05, 3.63) is 33.8 Å². The minimum Gasteiger partial charge on any atom is -0.480 e. The van der Waals surface area contributed by atoms with Crippen molar-refractivity contribution in [2.75, 3.05) is 19.6 Å². The van der Waals surface area contributed by atoms with Crippen molar-refractivity contribution in [3.8, 4) is 0 Å². The van der Waals surface area contributed by atoms with E-state index in [-0.39, 0.29) is 11.3 Å². The van der Waals surface area contributed by atoms with Crippen molar-refractivity contribution >= 4 is 35.1 Å². The molecule has 0 aromatic heterocycles. The van der Waals surface area contributed by atoms with Gasteiger partial charge in [0, 0.05) is 20.0 Å². The van der Waals surface area contributed by atoms with Crippen molar-refractivity contribution in [2.24, 2.45) is 5.41 Å². The number of piperidine rings is 1. The molecule has 5 nitrogen and oxygen atoms in total. The maximum absolute atomic E-state index is 11.8. The Morgan fingerprint density at radius 3 is 2.44 bits per heavy atom. The minimum atomic E-state index is -0.898. The van der Waals surface area contributed by atoms with Crippen LogP contribution in [0.25, 0.3) is 0 Å². The van der Waals surface area contributed by atoms with E-state index in [0.29, 0.717) is 23.0 Å². The molecule has 7 heteroatoms. The number of hydrogen-bond acceptors (Lipinski definition) is 3. The van der Waals surface area contributed by atoms with Crippen LogP contribution in [0.3, 0.4) is 0 Å². The number of halogens is 2. The Bertz CT molecular complexity index is 663. The molecule has 2 saturated heterocycles. The Morgan fingerprint density at radius 2 is 1.92 bits per heavy atom. The molecule has 1 unspecified atom stereocenters. The average Bonchev–Trinajstić information content (AvgIpc) is 2.94. The summed E-state index contributed by atoms with van der Waals surface area (Å²) in [6, 6.07) is 5.00. The number of benzene rings is 1. The molecule has 2 fully saturated rings. The lowest BCUT2D eigenvalue weighted by Crippen LogP contribution is -2.42. The summed E-state index contributed by atoms with van der Waals surface area (Å²) in [4.78, 5) is 27.1. The number of carbonyl (C=O) groups excluding carboxylic acids is 1. The van der Waals surface area contributed by atoms with Gasteiger partial charge in [0.2, 0.25) is 5.91 Å². The molecule has 2 aliphatic heterocycles. The van der Waals surface area contributed by atoms with Crippen LogP contribution in [0.15, 0.2) is 18.2 Å². The third-order valence-electron chi connectivity index (χ3n) is 5.50. The number of hydrogen-bond donors (Lipinski definition) is 1. The number of carboxylic acids is 1. The molecule has 0 bridgehead atoms. The second-order valence-electron chi connectivity index (χ2n) is 7.23. The normalized spacial score (nSPS) is 23.2. The predicted octanol–water partition coefficient (Wildman–Crippen LogP) is 3.28. The van der Waals surface area contributed by atoms with Gasteiger partial charge in [-0.3, -0.25) is 9.69 Å². The zero-order chi connectivity index (χ0) is 18.2. The van der Waals surface area contributed by atoms with Crippen molar-refractivity contribution in [3.63, 3.8) is 0 Å². The van der Waals surface area contributed by atoms with Gasteiger partial charge in [-0.15, -0.1) is 0 Å². The van der Waals surface area contributed by atoms with Crippen LogP contribution in [0.2, 0.25) is 10.0 Å². The number of carboxylic acid groups (broad SMARTS) is 1. The van der Waals surface area contributed by atoms with Crippen molar-refractivity contribution in [1.29, 1.82) is 0 Å². The Kier molecular flexibility index (Phi) is 5.28. The molecule has 136 valence electrons. The summed E-state index contributed by atoms with van der Waals surface area (Å²) in [5.41, 5.74) is 1.05. The summed E-state index contributed by atoms with van der Waals surface area (Å²) in [5, 5.41) is 10.5. The maximum Gasteiger partial charge on any atom is 0.326 e. The van der Waals surface area contributed by atoms with Crippen molar-refractivity contribution < 1.29 is 14.7 Å². The lowest BCUT2D eigenvalue weighted by molar-refractivity contribution is -0.147. The van der Waals surface area contributed by atoms with E-state index in [0.717, 1.165) is 38.0 Å². The van der Waals surface area contributed by atoms with Gasteiger partial charge >= 0.3 is 5.97 Å². The standard InChI is InChI=1S/C18H22Cl2N2O3/c1-12(23)22-11-18(9-16(22)17(24)25)4-6-21(7-5-18)10-13-2-3-14(19)15(20)8-13/h2-3,8,16H,4-7,9-11H2,1H3,(H,24,25). The molecule has 1 amide bonds. The highest BCUT2D eigenvalue weighted by molar-refractivity contribution is 6.42. The molecule has 1 spiro atoms. The first-order chi connectivity index (χ1) is 11.8. The quantitative estimate of drug-likeness (QED) is 0.868. The summed E-state index contributed by atoms with van der Waals surface area (Å²) in [6.45, 7) is 4.58. The van der Waals surface area contributed by atoms with E-state index in [1.54, 1.807) is 0 Å². The topological polar surface area (TPSA) is 60.9 Å². The largest absolute Gasteiger partial charge is 0.480 e. The van der Waals surface area contributed by atoms with E-state index >= 15 is 0 Å². The van der Waals surface area contributed by atoms with Gasteiger partial charge in [-0.2, -0.15) is 0 Å². The van der Waals surface area contributed by atoms with Gasteiger partial charge in [-0.05, 0) is 55.5 Å². The number of likely N-dealkylation sites (tertiary alicyclic amines) is 2. The van der Waals surface area contributed by atoms with Crippen LogP contribution in [-0.2, 0) is 16.1 Å². The Labute approximate surface area is 157 Å². The zero-order valence-electron chi connectivity index (χ0n) is 14.2. The van der Waals surface area contributed by atoms with Gasteiger partial charge in [0.1, 0.15) is 6.04 Å². The Hall–Kier alpha value is -1.30. The molecule has 3 rings (SSSR count). The first-order valence-corrected chi connectivity index (χ1v) is 9.22. The van der Waals surface area contributed by atoms with Gasteiger partial charge in [-0.25, -0.2) is 4.79 Å². The van der Waals surface area contributed by atoms with Gasteiger partial charge < -0.3 is 10.0 Å². The van der Waals surface area contributed by atoms with Gasteiger partial charge in [-0.1, -0.05) is 29.3 Å². The van der Waals surface area contributed by atoms with Crippen LogP contribution in [0.1, 0.15) is 31.7 Å². The van der Waals surface area contributed by atoms with Gasteiger partial charge in [0.05, 0.1) is 10.0 Å². The van der Waals surface area contributed by atoms with E-state index in [2.05, 4.69) is 4.90 Å². The minimum absolute atomic E-state index is 0.0666. The van der Waals surface area contributed by atoms with Gasteiger partial charge in [0.15, 0.2) is 0 Å². The van der Waals surface area contributed by atoms with Crippen molar-refractivity contribution in [1.82, 2.24) is 9.80 Å². The third kappa shape index (κ3) is 3.94. The summed E-state index contributed by atoms with van der Waals surface area (Å²) in [7, 11) is 0. The van der Waals surface area contributed by atoms with Crippen LogP contribution >= 0.6 is 23.2 Å². The van der Waals surface area contributed by atoms with Gasteiger partial charge in [0.25, 0.3) is 0 Å². The molecule has 1 atom stereocenters. The Morgan fingerprint density at radius 1 is 1.24 bits per heavy atom. The van der Waals surface area contributed by atoms with E-state index in [4.69, 9.17) is 23.2 Å². The smallest absolute Gasteiger partial charge is 0.326 e. The molecule has 2 aliphatic rings. The van der Waals surface area contributed by atoms with Crippen LogP contribution in [0.4, 0.5) is 0 Å². The van der Waals surface area contributed by atoms with E-state index in [1.807, 2.05) is 18.2 Å². The number of amides is 1. The summed E-state index contributed by atoms with van der Waals surface area (Å²) >= 11 is 12.0. The molecular weight excluding hydrogens is 363 g/mol. The van der Waals surface area contributed by atoms with Crippen LogP contribution in [-0.4, -0.2) is 52.5 Å².